The number of likely N-dealkylation sites (tertiary alicyclic amines) is 1. The van der Waals surface area contributed by atoms with E-state index in [1.807, 2.05) is 12.1 Å². The normalized spacial score (nSPS) is 22.3. The molecule has 4 nitrogen and oxygen atoms in total. The molecule has 1 saturated heterocycles. The highest BCUT2D eigenvalue weighted by Crippen LogP contribution is 2.26. The second-order valence-electron chi connectivity index (χ2n) is 6.35. The van der Waals surface area contributed by atoms with Gasteiger partial charge < -0.3 is 9.73 Å². The number of hydrogen-bond donors (Lipinski definition) is 1. The molecule has 2 heterocycles. The van der Waals surface area contributed by atoms with Crippen LogP contribution in [-0.2, 0) is 4.79 Å². The van der Waals surface area contributed by atoms with E-state index >= 15 is 0 Å². The van der Waals surface area contributed by atoms with Gasteiger partial charge in [-0.05, 0) is 50.9 Å². The van der Waals surface area contributed by atoms with E-state index in [9.17, 15) is 4.79 Å². The van der Waals surface area contributed by atoms with Crippen LogP contribution in [0.4, 0.5) is 0 Å². The van der Waals surface area contributed by atoms with Crippen LogP contribution in [0, 0.1) is 5.92 Å². The van der Waals surface area contributed by atoms with Crippen LogP contribution in [0.3, 0.4) is 0 Å². The molecule has 2 aliphatic rings. The van der Waals surface area contributed by atoms with Gasteiger partial charge in [0.05, 0.1) is 12.3 Å². The third kappa shape index (κ3) is 3.67. The van der Waals surface area contributed by atoms with Crippen LogP contribution in [0.2, 0.25) is 0 Å². The second kappa shape index (κ2) is 7.12. The Balaban J connectivity index is 1.58. The smallest absolute Gasteiger partial charge is 0.223 e. The van der Waals surface area contributed by atoms with Crippen LogP contribution in [-0.4, -0.2) is 30.4 Å². The fourth-order valence-corrected chi connectivity index (χ4v) is 3.65. The molecule has 21 heavy (non-hydrogen) atoms. The average Bonchev–Trinajstić information content (AvgIpc) is 3.22. The monoisotopic (exact) mass is 290 g/mol. The number of carbonyl (C=O) groups is 1. The molecule has 4 heteroatoms. The highest BCUT2D eigenvalue weighted by molar-refractivity contribution is 5.78. The molecule has 1 amide bonds. The first-order chi connectivity index (χ1) is 10.3. The van der Waals surface area contributed by atoms with Crippen molar-refractivity contribution < 1.29 is 9.21 Å². The van der Waals surface area contributed by atoms with Crippen molar-refractivity contribution in [3.8, 4) is 0 Å². The molecule has 0 aromatic carbocycles. The van der Waals surface area contributed by atoms with E-state index in [0.29, 0.717) is 6.54 Å². The van der Waals surface area contributed by atoms with Gasteiger partial charge >= 0.3 is 0 Å². The van der Waals surface area contributed by atoms with E-state index in [4.69, 9.17) is 4.42 Å². The molecule has 1 aromatic heterocycles. The predicted molar refractivity (Wildman–Crippen MR) is 81.8 cm³/mol. The quantitative estimate of drug-likeness (QED) is 0.906. The molecule has 1 aliphatic heterocycles. The summed E-state index contributed by atoms with van der Waals surface area (Å²) in [6.45, 7) is 2.87. The summed E-state index contributed by atoms with van der Waals surface area (Å²) in [5, 5.41) is 3.18. The lowest BCUT2D eigenvalue weighted by Gasteiger charge is -2.27. The largest absolute Gasteiger partial charge is 0.468 e. The van der Waals surface area contributed by atoms with Crippen molar-refractivity contribution in [2.75, 3.05) is 19.6 Å². The maximum Gasteiger partial charge on any atom is 0.223 e. The Morgan fingerprint density at radius 3 is 2.67 bits per heavy atom. The second-order valence-corrected chi connectivity index (χ2v) is 6.35. The number of amides is 1. The highest BCUT2D eigenvalue weighted by atomic mass is 16.3. The summed E-state index contributed by atoms with van der Waals surface area (Å²) in [7, 11) is 0. The van der Waals surface area contributed by atoms with Gasteiger partial charge in [-0.2, -0.15) is 0 Å². The number of rotatable bonds is 5. The zero-order valence-corrected chi connectivity index (χ0v) is 12.7. The topological polar surface area (TPSA) is 45.5 Å². The molecule has 2 fully saturated rings. The van der Waals surface area contributed by atoms with Crippen LogP contribution in [0.25, 0.3) is 0 Å². The molecule has 0 spiro atoms. The molecule has 0 radical (unpaired) electrons. The third-order valence-electron chi connectivity index (χ3n) is 4.90. The number of nitrogens with zero attached hydrogens (tertiary/aromatic N) is 1. The lowest BCUT2D eigenvalue weighted by atomic mass is 9.88. The van der Waals surface area contributed by atoms with Gasteiger partial charge in [0, 0.05) is 12.5 Å². The van der Waals surface area contributed by atoms with Gasteiger partial charge in [0.25, 0.3) is 0 Å². The van der Waals surface area contributed by atoms with E-state index in [2.05, 4.69) is 10.2 Å². The Kier molecular flexibility index (Phi) is 4.96. The van der Waals surface area contributed by atoms with E-state index in [0.717, 1.165) is 31.7 Å². The number of furan rings is 1. The SMILES string of the molecule is O=C(NCC(c1ccco1)N1CCCC1)C1CCCCC1. The van der Waals surface area contributed by atoms with Gasteiger partial charge in [-0.3, -0.25) is 9.69 Å². The van der Waals surface area contributed by atoms with Crippen molar-refractivity contribution in [3.63, 3.8) is 0 Å². The van der Waals surface area contributed by atoms with Gasteiger partial charge in [-0.1, -0.05) is 19.3 Å². The number of carbonyl (C=O) groups excluding carboxylic acids is 1. The Morgan fingerprint density at radius 1 is 1.24 bits per heavy atom. The van der Waals surface area contributed by atoms with Gasteiger partial charge in [-0.25, -0.2) is 0 Å². The van der Waals surface area contributed by atoms with Gasteiger partial charge in [0.1, 0.15) is 5.76 Å². The Bertz CT molecular complexity index is 432. The Morgan fingerprint density at radius 2 is 2.00 bits per heavy atom. The summed E-state index contributed by atoms with van der Waals surface area (Å²) in [6, 6.07) is 4.15. The van der Waals surface area contributed by atoms with Crippen LogP contribution < -0.4 is 5.32 Å². The zero-order chi connectivity index (χ0) is 14.5. The van der Waals surface area contributed by atoms with E-state index < -0.39 is 0 Å². The summed E-state index contributed by atoms with van der Waals surface area (Å²) >= 11 is 0. The fraction of sp³-hybridized carbons (Fsp3) is 0.706. The number of nitrogens with one attached hydrogen (secondary N) is 1. The molecule has 1 aliphatic carbocycles. The average molecular weight is 290 g/mol. The van der Waals surface area contributed by atoms with Crippen molar-refractivity contribution in [2.24, 2.45) is 5.92 Å². The minimum Gasteiger partial charge on any atom is -0.468 e. The molecule has 1 N–H and O–H groups in total. The molecule has 1 saturated carbocycles. The maximum atomic E-state index is 12.3. The molecule has 0 bridgehead atoms. The molecule has 116 valence electrons. The molecular formula is C17H26N2O2. The minimum atomic E-state index is 0.190. The van der Waals surface area contributed by atoms with Crippen LogP contribution >= 0.6 is 0 Å². The van der Waals surface area contributed by atoms with E-state index in [1.54, 1.807) is 6.26 Å². The van der Waals surface area contributed by atoms with Crippen molar-refractivity contribution >= 4 is 5.91 Å². The van der Waals surface area contributed by atoms with E-state index in [1.165, 1.54) is 32.1 Å². The summed E-state index contributed by atoms with van der Waals surface area (Å²) in [6.07, 6.45) is 10.0. The highest BCUT2D eigenvalue weighted by Gasteiger charge is 2.27. The van der Waals surface area contributed by atoms with Crippen molar-refractivity contribution in [1.82, 2.24) is 10.2 Å². The fourth-order valence-electron chi connectivity index (χ4n) is 3.65. The first-order valence-corrected chi connectivity index (χ1v) is 8.40. The van der Waals surface area contributed by atoms with Crippen LogP contribution in [0.15, 0.2) is 22.8 Å². The first kappa shape index (κ1) is 14.6. The lowest BCUT2D eigenvalue weighted by molar-refractivity contribution is -0.126. The van der Waals surface area contributed by atoms with Crippen molar-refractivity contribution in [1.29, 1.82) is 0 Å². The zero-order valence-electron chi connectivity index (χ0n) is 12.7. The molecule has 1 aromatic rings. The Hall–Kier alpha value is -1.29. The minimum absolute atomic E-state index is 0.190. The van der Waals surface area contributed by atoms with Crippen LogP contribution in [0.1, 0.15) is 56.7 Å². The summed E-state index contributed by atoms with van der Waals surface area (Å²) in [5.41, 5.74) is 0. The van der Waals surface area contributed by atoms with E-state index in [-0.39, 0.29) is 17.9 Å². The first-order valence-electron chi connectivity index (χ1n) is 8.40. The van der Waals surface area contributed by atoms with Gasteiger partial charge in [0.2, 0.25) is 5.91 Å². The van der Waals surface area contributed by atoms with Crippen molar-refractivity contribution in [2.45, 2.75) is 51.0 Å². The molecular weight excluding hydrogens is 264 g/mol. The standard InChI is InChI=1S/C17H26N2O2/c20-17(14-7-2-1-3-8-14)18-13-15(16-9-6-12-21-16)19-10-4-5-11-19/h6,9,12,14-15H,1-5,7-8,10-11,13H2,(H,18,20). The maximum absolute atomic E-state index is 12.3. The predicted octanol–water partition coefficient (Wildman–Crippen LogP) is 3.11. The summed E-state index contributed by atoms with van der Waals surface area (Å²) < 4.78 is 5.59. The molecule has 1 atom stereocenters. The molecule has 1 unspecified atom stereocenters. The molecule has 3 rings (SSSR count). The number of hydrogen-bond acceptors (Lipinski definition) is 3. The van der Waals surface area contributed by atoms with Gasteiger partial charge in [-0.15, -0.1) is 0 Å². The Labute approximate surface area is 126 Å². The third-order valence-corrected chi connectivity index (χ3v) is 4.90. The summed E-state index contributed by atoms with van der Waals surface area (Å²) in [5.74, 6) is 1.45. The lowest BCUT2D eigenvalue weighted by Crippen LogP contribution is -2.39. The summed E-state index contributed by atoms with van der Waals surface area (Å²) in [4.78, 5) is 14.8. The van der Waals surface area contributed by atoms with Crippen LogP contribution in [0.5, 0.6) is 0 Å². The van der Waals surface area contributed by atoms with Gasteiger partial charge in [0.15, 0.2) is 0 Å². The van der Waals surface area contributed by atoms with Crippen molar-refractivity contribution in [3.05, 3.63) is 24.2 Å².